The standard InChI is InChI=1S/C14H14BrNO3/c15-11-5-4-10-6-8-16(14(19)12(10)9-11)7-2-1-3-13(17)18/h4-6,8-9H,1-3,7H2,(H,17,18). The summed E-state index contributed by atoms with van der Waals surface area (Å²) >= 11 is 3.36. The minimum atomic E-state index is -0.796. The third kappa shape index (κ3) is 3.44. The molecule has 2 rings (SSSR count). The molecule has 0 aliphatic carbocycles. The van der Waals surface area contributed by atoms with Crippen LogP contribution in [-0.4, -0.2) is 15.6 Å². The van der Waals surface area contributed by atoms with E-state index in [2.05, 4.69) is 15.9 Å². The van der Waals surface area contributed by atoms with Crippen LogP contribution in [0.15, 0.2) is 39.7 Å². The lowest BCUT2D eigenvalue weighted by Crippen LogP contribution is -2.19. The molecular weight excluding hydrogens is 310 g/mol. The number of carboxylic acid groups (broad SMARTS) is 1. The van der Waals surface area contributed by atoms with E-state index in [0.717, 1.165) is 9.86 Å². The zero-order valence-corrected chi connectivity index (χ0v) is 11.9. The molecule has 0 bridgehead atoms. The summed E-state index contributed by atoms with van der Waals surface area (Å²) in [4.78, 5) is 22.7. The Labute approximate surface area is 118 Å². The summed E-state index contributed by atoms with van der Waals surface area (Å²) in [6.07, 6.45) is 3.18. The highest BCUT2D eigenvalue weighted by atomic mass is 79.9. The van der Waals surface area contributed by atoms with Crippen molar-refractivity contribution in [3.63, 3.8) is 0 Å². The molecular formula is C14H14BrNO3. The van der Waals surface area contributed by atoms with Crippen LogP contribution in [0.2, 0.25) is 0 Å². The second kappa shape index (κ2) is 6.02. The monoisotopic (exact) mass is 323 g/mol. The van der Waals surface area contributed by atoms with Gasteiger partial charge < -0.3 is 9.67 Å². The Hall–Kier alpha value is -1.62. The second-order valence-electron chi connectivity index (χ2n) is 4.40. The van der Waals surface area contributed by atoms with Crippen LogP contribution in [0, 0.1) is 0 Å². The average molecular weight is 324 g/mol. The molecule has 2 aromatic rings. The molecule has 1 heterocycles. The number of carboxylic acids is 1. The number of halogens is 1. The van der Waals surface area contributed by atoms with Crippen molar-refractivity contribution in [2.24, 2.45) is 0 Å². The third-order valence-corrected chi connectivity index (χ3v) is 3.47. The van der Waals surface area contributed by atoms with E-state index in [4.69, 9.17) is 5.11 Å². The van der Waals surface area contributed by atoms with Gasteiger partial charge in [0.05, 0.1) is 0 Å². The predicted octanol–water partition coefficient (Wildman–Crippen LogP) is 3.02. The highest BCUT2D eigenvalue weighted by Crippen LogP contribution is 2.16. The summed E-state index contributed by atoms with van der Waals surface area (Å²) in [5, 5.41) is 10.2. The molecule has 1 aromatic carbocycles. The van der Waals surface area contributed by atoms with Gasteiger partial charge in [-0.2, -0.15) is 0 Å². The molecule has 0 saturated carbocycles. The minimum Gasteiger partial charge on any atom is -0.481 e. The molecule has 1 N–H and O–H groups in total. The zero-order chi connectivity index (χ0) is 13.8. The van der Waals surface area contributed by atoms with Crippen LogP contribution >= 0.6 is 15.9 Å². The summed E-state index contributed by atoms with van der Waals surface area (Å²) < 4.78 is 2.51. The maximum Gasteiger partial charge on any atom is 0.303 e. The smallest absolute Gasteiger partial charge is 0.303 e. The number of nitrogens with zero attached hydrogens (tertiary/aromatic N) is 1. The molecule has 0 atom stereocenters. The number of unbranched alkanes of at least 4 members (excludes halogenated alkanes) is 1. The highest BCUT2D eigenvalue weighted by Gasteiger charge is 2.04. The molecule has 19 heavy (non-hydrogen) atoms. The van der Waals surface area contributed by atoms with Gasteiger partial charge in [-0.05, 0) is 36.4 Å². The number of pyridine rings is 1. The molecule has 0 saturated heterocycles. The van der Waals surface area contributed by atoms with E-state index in [9.17, 15) is 9.59 Å². The Balaban J connectivity index is 2.18. The predicted molar refractivity (Wildman–Crippen MR) is 77.4 cm³/mol. The van der Waals surface area contributed by atoms with Gasteiger partial charge >= 0.3 is 5.97 Å². The number of aromatic nitrogens is 1. The number of benzene rings is 1. The molecule has 0 aliphatic rings. The van der Waals surface area contributed by atoms with E-state index in [0.29, 0.717) is 24.8 Å². The molecule has 0 aliphatic heterocycles. The van der Waals surface area contributed by atoms with Crippen molar-refractivity contribution in [2.45, 2.75) is 25.8 Å². The third-order valence-electron chi connectivity index (χ3n) is 2.98. The molecule has 0 spiro atoms. The first kappa shape index (κ1) is 13.8. The molecule has 100 valence electrons. The normalized spacial score (nSPS) is 10.8. The lowest BCUT2D eigenvalue weighted by atomic mass is 10.1. The topological polar surface area (TPSA) is 59.3 Å². The van der Waals surface area contributed by atoms with Crippen molar-refractivity contribution in [1.82, 2.24) is 4.57 Å². The van der Waals surface area contributed by atoms with Crippen LogP contribution in [-0.2, 0) is 11.3 Å². The summed E-state index contributed by atoms with van der Waals surface area (Å²) in [5.74, 6) is -0.796. The van der Waals surface area contributed by atoms with Gasteiger partial charge in [-0.3, -0.25) is 9.59 Å². The summed E-state index contributed by atoms with van der Waals surface area (Å²) in [7, 11) is 0. The van der Waals surface area contributed by atoms with Crippen molar-refractivity contribution in [1.29, 1.82) is 0 Å². The van der Waals surface area contributed by atoms with E-state index in [1.54, 1.807) is 10.8 Å². The fourth-order valence-corrected chi connectivity index (χ4v) is 2.35. The quantitative estimate of drug-likeness (QED) is 0.860. The van der Waals surface area contributed by atoms with Gasteiger partial charge in [-0.1, -0.05) is 22.0 Å². The van der Waals surface area contributed by atoms with Crippen LogP contribution in [0.4, 0.5) is 0 Å². The lowest BCUT2D eigenvalue weighted by Gasteiger charge is -2.07. The zero-order valence-electron chi connectivity index (χ0n) is 10.3. The molecule has 0 radical (unpaired) electrons. The molecule has 0 fully saturated rings. The first-order valence-electron chi connectivity index (χ1n) is 6.08. The van der Waals surface area contributed by atoms with Crippen molar-refractivity contribution in [3.05, 3.63) is 45.3 Å². The van der Waals surface area contributed by atoms with Gasteiger partial charge in [-0.15, -0.1) is 0 Å². The maximum atomic E-state index is 12.2. The van der Waals surface area contributed by atoms with Crippen molar-refractivity contribution >= 4 is 32.7 Å². The number of carbonyl (C=O) groups is 1. The number of hydrogen-bond acceptors (Lipinski definition) is 2. The van der Waals surface area contributed by atoms with Gasteiger partial charge in [0.2, 0.25) is 0 Å². The van der Waals surface area contributed by atoms with E-state index < -0.39 is 5.97 Å². The van der Waals surface area contributed by atoms with E-state index in [1.807, 2.05) is 24.3 Å². The van der Waals surface area contributed by atoms with Crippen LogP contribution in [0.1, 0.15) is 19.3 Å². The van der Waals surface area contributed by atoms with Gasteiger partial charge in [-0.25, -0.2) is 0 Å². The van der Waals surface area contributed by atoms with Crippen LogP contribution in [0.3, 0.4) is 0 Å². The Morgan fingerprint density at radius 1 is 1.26 bits per heavy atom. The van der Waals surface area contributed by atoms with Gasteiger partial charge in [0, 0.05) is 29.0 Å². The van der Waals surface area contributed by atoms with E-state index >= 15 is 0 Å². The average Bonchev–Trinajstić information content (AvgIpc) is 2.37. The Bertz CT molecular complexity index is 663. The Morgan fingerprint density at radius 2 is 2.05 bits per heavy atom. The van der Waals surface area contributed by atoms with Crippen LogP contribution in [0.25, 0.3) is 10.8 Å². The Kier molecular flexibility index (Phi) is 4.37. The minimum absolute atomic E-state index is 0.0332. The fraction of sp³-hybridized carbons (Fsp3) is 0.286. The highest BCUT2D eigenvalue weighted by molar-refractivity contribution is 9.10. The summed E-state index contributed by atoms with van der Waals surface area (Å²) in [6.45, 7) is 0.550. The number of hydrogen-bond donors (Lipinski definition) is 1. The number of aliphatic carboxylic acids is 1. The maximum absolute atomic E-state index is 12.2. The van der Waals surface area contributed by atoms with Crippen LogP contribution < -0.4 is 5.56 Å². The van der Waals surface area contributed by atoms with Gasteiger partial charge in [0.1, 0.15) is 0 Å². The summed E-state index contributed by atoms with van der Waals surface area (Å²) in [6, 6.07) is 7.51. The fourth-order valence-electron chi connectivity index (χ4n) is 1.99. The van der Waals surface area contributed by atoms with Crippen LogP contribution in [0.5, 0.6) is 0 Å². The SMILES string of the molecule is O=C(O)CCCCn1ccc2ccc(Br)cc2c1=O. The van der Waals surface area contributed by atoms with E-state index in [1.165, 1.54) is 0 Å². The summed E-state index contributed by atoms with van der Waals surface area (Å²) in [5.41, 5.74) is -0.0332. The van der Waals surface area contributed by atoms with Gasteiger partial charge in [0.25, 0.3) is 5.56 Å². The van der Waals surface area contributed by atoms with Crippen molar-refractivity contribution in [3.8, 4) is 0 Å². The molecule has 1 aromatic heterocycles. The number of rotatable bonds is 5. The largest absolute Gasteiger partial charge is 0.481 e. The molecule has 0 unspecified atom stereocenters. The van der Waals surface area contributed by atoms with E-state index in [-0.39, 0.29) is 12.0 Å². The second-order valence-corrected chi connectivity index (χ2v) is 5.31. The van der Waals surface area contributed by atoms with Gasteiger partial charge in [0.15, 0.2) is 0 Å². The first-order chi connectivity index (χ1) is 9.08. The number of aryl methyl sites for hydroxylation is 1. The molecule has 0 amide bonds. The van der Waals surface area contributed by atoms with Crippen molar-refractivity contribution in [2.75, 3.05) is 0 Å². The Morgan fingerprint density at radius 3 is 2.79 bits per heavy atom. The molecule has 4 nitrogen and oxygen atoms in total. The first-order valence-corrected chi connectivity index (χ1v) is 6.88. The lowest BCUT2D eigenvalue weighted by molar-refractivity contribution is -0.137. The van der Waals surface area contributed by atoms with Crippen molar-refractivity contribution < 1.29 is 9.90 Å². The molecule has 5 heteroatoms. The number of fused-ring (bicyclic) bond motifs is 1.